The van der Waals surface area contributed by atoms with Crippen LogP contribution in [0.5, 0.6) is 11.5 Å². The summed E-state index contributed by atoms with van der Waals surface area (Å²) in [6.07, 6.45) is 5.65. The average molecular weight is 323 g/mol. The molecular weight excluding hydrogens is 310 g/mol. The molecule has 1 aliphatic heterocycles. The number of hydrogen-bond acceptors (Lipinski definition) is 6. The molecule has 0 radical (unpaired) electrons. The number of aromatic nitrogens is 4. The fraction of sp³-hybridized carbons (Fsp3) is 0.125. The largest absolute Gasteiger partial charge is 0.485 e. The number of amides is 1. The van der Waals surface area contributed by atoms with Gasteiger partial charge in [0.1, 0.15) is 6.61 Å². The van der Waals surface area contributed by atoms with Crippen LogP contribution >= 0.6 is 0 Å². The number of hydrogen-bond donors (Lipinski definition) is 2. The summed E-state index contributed by atoms with van der Waals surface area (Å²) < 4.78 is 11.2. The molecule has 0 aliphatic carbocycles. The van der Waals surface area contributed by atoms with Gasteiger partial charge in [-0.15, -0.1) is 0 Å². The van der Waals surface area contributed by atoms with Crippen molar-refractivity contribution in [2.75, 3.05) is 11.9 Å². The Balaban J connectivity index is 1.43. The molecule has 2 N–H and O–H groups in total. The molecule has 0 spiro atoms. The maximum atomic E-state index is 12.3. The second-order valence-electron chi connectivity index (χ2n) is 5.14. The monoisotopic (exact) mass is 323 g/mol. The van der Waals surface area contributed by atoms with Crippen molar-refractivity contribution in [2.24, 2.45) is 0 Å². The third-order valence-electron chi connectivity index (χ3n) is 3.48. The highest BCUT2D eigenvalue weighted by atomic mass is 16.6. The zero-order chi connectivity index (χ0) is 16.4. The van der Waals surface area contributed by atoms with Gasteiger partial charge in [0.25, 0.3) is 5.91 Å². The van der Waals surface area contributed by atoms with E-state index in [4.69, 9.17) is 9.47 Å². The van der Waals surface area contributed by atoms with Gasteiger partial charge in [-0.3, -0.25) is 9.89 Å². The summed E-state index contributed by atoms with van der Waals surface area (Å²) >= 11 is 0. The Kier molecular flexibility index (Phi) is 3.54. The Morgan fingerprint density at radius 2 is 1.96 bits per heavy atom. The highest BCUT2D eigenvalue weighted by molar-refractivity contribution is 5.94. The van der Waals surface area contributed by atoms with Crippen molar-refractivity contribution in [2.45, 2.75) is 6.10 Å². The van der Waals surface area contributed by atoms with Crippen molar-refractivity contribution < 1.29 is 14.3 Å². The van der Waals surface area contributed by atoms with Crippen molar-refractivity contribution in [1.29, 1.82) is 0 Å². The van der Waals surface area contributed by atoms with Crippen molar-refractivity contribution in [3.05, 3.63) is 49.1 Å². The number of H-pyrrole nitrogens is 1. The quantitative estimate of drug-likeness (QED) is 0.760. The summed E-state index contributed by atoms with van der Waals surface area (Å²) in [6.45, 7) is 0.150. The molecular formula is C16H13N5O3. The summed E-state index contributed by atoms with van der Waals surface area (Å²) in [5, 5.41) is 9.26. The van der Waals surface area contributed by atoms with E-state index in [1.165, 1.54) is 12.4 Å². The lowest BCUT2D eigenvalue weighted by atomic mass is 10.2. The van der Waals surface area contributed by atoms with E-state index in [0.29, 0.717) is 23.0 Å². The SMILES string of the molecule is O=C(Nc1cnc(-c2cn[nH]c2)nc1)C1COc2ccccc2O1. The first-order valence-electron chi connectivity index (χ1n) is 7.30. The van der Waals surface area contributed by atoms with Gasteiger partial charge in [0.05, 0.1) is 29.8 Å². The number of aromatic amines is 1. The molecule has 0 saturated carbocycles. The summed E-state index contributed by atoms with van der Waals surface area (Å²) in [4.78, 5) is 20.7. The minimum absolute atomic E-state index is 0.150. The summed E-state index contributed by atoms with van der Waals surface area (Å²) in [7, 11) is 0. The van der Waals surface area contributed by atoms with Gasteiger partial charge in [0.15, 0.2) is 17.3 Å². The molecule has 1 aromatic carbocycles. The minimum Gasteiger partial charge on any atom is -0.485 e. The summed E-state index contributed by atoms with van der Waals surface area (Å²) in [5.41, 5.74) is 1.25. The molecule has 3 heterocycles. The normalized spacial score (nSPS) is 15.8. The summed E-state index contributed by atoms with van der Waals surface area (Å²) in [5.74, 6) is 1.39. The highest BCUT2D eigenvalue weighted by Crippen LogP contribution is 2.31. The number of nitrogens with zero attached hydrogens (tertiary/aromatic N) is 3. The van der Waals surface area contributed by atoms with Crippen LogP contribution in [0.3, 0.4) is 0 Å². The molecule has 1 unspecified atom stereocenters. The lowest BCUT2D eigenvalue weighted by molar-refractivity contribution is -0.125. The molecule has 1 aliphatic rings. The third kappa shape index (κ3) is 2.76. The van der Waals surface area contributed by atoms with Gasteiger partial charge in [-0.25, -0.2) is 9.97 Å². The van der Waals surface area contributed by atoms with Crippen molar-refractivity contribution >= 4 is 11.6 Å². The number of rotatable bonds is 3. The predicted molar refractivity (Wildman–Crippen MR) is 84.6 cm³/mol. The Labute approximate surface area is 136 Å². The van der Waals surface area contributed by atoms with E-state index in [2.05, 4.69) is 25.5 Å². The second-order valence-corrected chi connectivity index (χ2v) is 5.14. The van der Waals surface area contributed by atoms with Crippen LogP contribution in [0.2, 0.25) is 0 Å². The molecule has 2 aromatic heterocycles. The van der Waals surface area contributed by atoms with Crippen LogP contribution in [0.1, 0.15) is 0 Å². The molecule has 0 bridgehead atoms. The van der Waals surface area contributed by atoms with E-state index in [0.717, 1.165) is 5.56 Å². The zero-order valence-electron chi connectivity index (χ0n) is 12.5. The number of carbonyl (C=O) groups excluding carboxylic acids is 1. The van der Waals surface area contributed by atoms with Gasteiger partial charge in [0, 0.05) is 6.20 Å². The van der Waals surface area contributed by atoms with E-state index in [-0.39, 0.29) is 12.5 Å². The molecule has 0 fully saturated rings. The number of para-hydroxylation sites is 2. The highest BCUT2D eigenvalue weighted by Gasteiger charge is 2.27. The van der Waals surface area contributed by atoms with Crippen LogP contribution in [0.15, 0.2) is 49.1 Å². The van der Waals surface area contributed by atoms with Gasteiger partial charge >= 0.3 is 0 Å². The Morgan fingerprint density at radius 3 is 2.71 bits per heavy atom. The molecule has 24 heavy (non-hydrogen) atoms. The Morgan fingerprint density at radius 1 is 1.17 bits per heavy atom. The number of ether oxygens (including phenoxy) is 2. The number of nitrogens with one attached hydrogen (secondary N) is 2. The Bertz CT molecular complexity index is 848. The molecule has 8 nitrogen and oxygen atoms in total. The van der Waals surface area contributed by atoms with Crippen LogP contribution in [-0.2, 0) is 4.79 Å². The van der Waals surface area contributed by atoms with Gasteiger partial charge in [0.2, 0.25) is 6.10 Å². The van der Waals surface area contributed by atoms with E-state index < -0.39 is 6.10 Å². The minimum atomic E-state index is -0.728. The molecule has 120 valence electrons. The summed E-state index contributed by atoms with van der Waals surface area (Å²) in [6, 6.07) is 7.23. The molecule has 8 heteroatoms. The number of benzene rings is 1. The van der Waals surface area contributed by atoms with Gasteiger partial charge < -0.3 is 14.8 Å². The molecule has 0 saturated heterocycles. The van der Waals surface area contributed by atoms with Crippen molar-refractivity contribution in [3.63, 3.8) is 0 Å². The first kappa shape index (κ1) is 14.2. The van der Waals surface area contributed by atoms with Gasteiger partial charge in [-0.05, 0) is 12.1 Å². The maximum absolute atomic E-state index is 12.3. The third-order valence-corrected chi connectivity index (χ3v) is 3.48. The van der Waals surface area contributed by atoms with Gasteiger partial charge in [-0.1, -0.05) is 12.1 Å². The predicted octanol–water partition coefficient (Wildman–Crippen LogP) is 1.65. The van der Waals surface area contributed by atoms with Crippen LogP contribution < -0.4 is 14.8 Å². The molecule has 1 amide bonds. The zero-order valence-corrected chi connectivity index (χ0v) is 12.5. The number of fused-ring (bicyclic) bond motifs is 1. The van der Waals surface area contributed by atoms with Crippen LogP contribution in [0, 0.1) is 0 Å². The maximum Gasteiger partial charge on any atom is 0.269 e. The molecule has 1 atom stereocenters. The number of anilines is 1. The van der Waals surface area contributed by atoms with E-state index in [1.807, 2.05) is 12.1 Å². The lowest BCUT2D eigenvalue weighted by Crippen LogP contribution is -2.40. The van der Waals surface area contributed by atoms with E-state index >= 15 is 0 Å². The van der Waals surface area contributed by atoms with Crippen LogP contribution in [0.4, 0.5) is 5.69 Å². The fourth-order valence-corrected chi connectivity index (χ4v) is 2.29. The number of carbonyl (C=O) groups is 1. The molecule has 3 aromatic rings. The smallest absolute Gasteiger partial charge is 0.269 e. The van der Waals surface area contributed by atoms with Crippen molar-refractivity contribution in [1.82, 2.24) is 20.2 Å². The first-order valence-corrected chi connectivity index (χ1v) is 7.30. The standard InChI is InChI=1S/C16H13N5O3/c22-16(14-9-23-12-3-1-2-4-13(12)24-14)21-11-7-17-15(18-8-11)10-5-19-20-6-10/h1-8,14H,9H2,(H,19,20)(H,21,22). The van der Waals surface area contributed by atoms with Crippen molar-refractivity contribution in [3.8, 4) is 22.9 Å². The van der Waals surface area contributed by atoms with Gasteiger partial charge in [-0.2, -0.15) is 5.10 Å². The van der Waals surface area contributed by atoms with Crippen LogP contribution in [-0.4, -0.2) is 38.8 Å². The fourth-order valence-electron chi connectivity index (χ4n) is 2.29. The topological polar surface area (TPSA) is 102 Å². The van der Waals surface area contributed by atoms with E-state index in [9.17, 15) is 4.79 Å². The van der Waals surface area contributed by atoms with Crippen LogP contribution in [0.25, 0.3) is 11.4 Å². The Hall–Kier alpha value is -3.42. The second kappa shape index (κ2) is 5.99. The average Bonchev–Trinajstić information content (AvgIpc) is 3.16. The molecule has 4 rings (SSSR count). The first-order chi connectivity index (χ1) is 11.8. The van der Waals surface area contributed by atoms with E-state index in [1.54, 1.807) is 24.5 Å². The lowest BCUT2D eigenvalue weighted by Gasteiger charge is -2.25.